The van der Waals surface area contributed by atoms with Crippen molar-refractivity contribution in [3.8, 4) is 0 Å². The summed E-state index contributed by atoms with van der Waals surface area (Å²) in [4.78, 5) is 5.41. The SMILES string of the molecule is CC1(C)OC[C@@H]([C@@H](CO)NOCc2ccccc2)O1. The highest BCUT2D eigenvalue weighted by Gasteiger charge is 2.37. The van der Waals surface area contributed by atoms with E-state index in [2.05, 4.69) is 5.48 Å². The lowest BCUT2D eigenvalue weighted by Gasteiger charge is -2.23. The van der Waals surface area contributed by atoms with Gasteiger partial charge < -0.3 is 14.6 Å². The Kier molecular flexibility index (Phi) is 4.90. The largest absolute Gasteiger partial charge is 0.395 e. The van der Waals surface area contributed by atoms with Gasteiger partial charge in [0, 0.05) is 0 Å². The second-order valence-corrected chi connectivity index (χ2v) is 5.05. The maximum absolute atomic E-state index is 9.38. The first-order valence-corrected chi connectivity index (χ1v) is 6.44. The van der Waals surface area contributed by atoms with Crippen molar-refractivity contribution < 1.29 is 19.4 Å². The van der Waals surface area contributed by atoms with E-state index in [9.17, 15) is 5.11 Å². The Morgan fingerprint density at radius 3 is 2.74 bits per heavy atom. The normalized spacial score (nSPS) is 23.4. The first-order chi connectivity index (χ1) is 9.11. The molecular formula is C14H21NO4. The van der Waals surface area contributed by atoms with Gasteiger partial charge in [-0.2, -0.15) is 5.48 Å². The van der Waals surface area contributed by atoms with Gasteiger partial charge >= 0.3 is 0 Å². The van der Waals surface area contributed by atoms with Gasteiger partial charge in [0.2, 0.25) is 0 Å². The van der Waals surface area contributed by atoms with Crippen LogP contribution in [-0.2, 0) is 20.9 Å². The van der Waals surface area contributed by atoms with Gasteiger partial charge in [-0.05, 0) is 19.4 Å². The molecule has 106 valence electrons. The Labute approximate surface area is 113 Å². The third kappa shape index (κ3) is 4.26. The lowest BCUT2D eigenvalue weighted by Crippen LogP contribution is -2.44. The van der Waals surface area contributed by atoms with Crippen LogP contribution in [0.1, 0.15) is 19.4 Å². The van der Waals surface area contributed by atoms with Crippen molar-refractivity contribution in [3.63, 3.8) is 0 Å². The molecule has 19 heavy (non-hydrogen) atoms. The maximum Gasteiger partial charge on any atom is 0.163 e. The van der Waals surface area contributed by atoms with E-state index in [1.165, 1.54) is 0 Å². The minimum absolute atomic E-state index is 0.0705. The zero-order valence-electron chi connectivity index (χ0n) is 11.3. The molecule has 0 aromatic heterocycles. The fourth-order valence-corrected chi connectivity index (χ4v) is 1.95. The van der Waals surface area contributed by atoms with Crippen molar-refractivity contribution >= 4 is 0 Å². The van der Waals surface area contributed by atoms with Crippen LogP contribution in [0.2, 0.25) is 0 Å². The Morgan fingerprint density at radius 2 is 2.16 bits per heavy atom. The van der Waals surface area contributed by atoms with Gasteiger partial charge in [-0.15, -0.1) is 0 Å². The van der Waals surface area contributed by atoms with Crippen molar-refractivity contribution in [3.05, 3.63) is 35.9 Å². The summed E-state index contributed by atoms with van der Waals surface area (Å²) < 4.78 is 11.2. The van der Waals surface area contributed by atoms with Crippen molar-refractivity contribution in [1.82, 2.24) is 5.48 Å². The minimum atomic E-state index is -0.598. The van der Waals surface area contributed by atoms with E-state index in [0.717, 1.165) is 5.56 Å². The number of hydrogen-bond acceptors (Lipinski definition) is 5. The molecule has 1 aromatic rings. The van der Waals surface area contributed by atoms with Crippen molar-refractivity contribution in [2.45, 2.75) is 38.4 Å². The van der Waals surface area contributed by atoms with Crippen molar-refractivity contribution in [1.29, 1.82) is 0 Å². The summed E-state index contributed by atoms with van der Waals surface area (Å²) in [5.41, 5.74) is 3.91. The minimum Gasteiger partial charge on any atom is -0.395 e. The van der Waals surface area contributed by atoms with E-state index >= 15 is 0 Å². The molecule has 1 aliphatic heterocycles. The van der Waals surface area contributed by atoms with Crippen LogP contribution in [0, 0.1) is 0 Å². The van der Waals surface area contributed by atoms with Crippen LogP contribution in [-0.4, -0.2) is 36.3 Å². The third-order valence-corrected chi connectivity index (χ3v) is 2.99. The summed E-state index contributed by atoms with van der Waals surface area (Å²) in [6.45, 7) is 4.52. The summed E-state index contributed by atoms with van der Waals surface area (Å²) in [7, 11) is 0. The van der Waals surface area contributed by atoms with Crippen molar-refractivity contribution in [2.75, 3.05) is 13.2 Å². The van der Waals surface area contributed by atoms with E-state index in [-0.39, 0.29) is 18.8 Å². The molecule has 2 N–H and O–H groups in total. The van der Waals surface area contributed by atoms with Crippen LogP contribution in [0.15, 0.2) is 30.3 Å². The van der Waals surface area contributed by atoms with Gasteiger partial charge in [0.1, 0.15) is 6.10 Å². The van der Waals surface area contributed by atoms with Gasteiger partial charge in [0.15, 0.2) is 5.79 Å². The number of benzene rings is 1. The van der Waals surface area contributed by atoms with E-state index in [1.54, 1.807) is 0 Å². The fraction of sp³-hybridized carbons (Fsp3) is 0.571. The quantitative estimate of drug-likeness (QED) is 0.759. The number of hydroxylamine groups is 1. The highest BCUT2D eigenvalue weighted by atomic mass is 16.7. The average Bonchev–Trinajstić information content (AvgIpc) is 2.76. The molecule has 0 aliphatic carbocycles. The molecule has 1 fully saturated rings. The maximum atomic E-state index is 9.38. The Bertz CT molecular complexity index is 382. The van der Waals surface area contributed by atoms with Crippen molar-refractivity contribution in [2.24, 2.45) is 0 Å². The van der Waals surface area contributed by atoms with Gasteiger partial charge in [-0.3, -0.25) is 4.84 Å². The lowest BCUT2D eigenvalue weighted by atomic mass is 10.2. The van der Waals surface area contributed by atoms with E-state index in [4.69, 9.17) is 14.3 Å². The molecule has 0 amide bonds. The monoisotopic (exact) mass is 267 g/mol. The zero-order valence-corrected chi connectivity index (χ0v) is 11.3. The van der Waals surface area contributed by atoms with Crippen LogP contribution in [0.25, 0.3) is 0 Å². The smallest absolute Gasteiger partial charge is 0.163 e. The van der Waals surface area contributed by atoms with Crippen LogP contribution < -0.4 is 5.48 Å². The van der Waals surface area contributed by atoms with Crippen LogP contribution in [0.3, 0.4) is 0 Å². The molecule has 1 saturated heterocycles. The first kappa shape index (κ1) is 14.4. The van der Waals surface area contributed by atoms with Gasteiger partial charge in [-0.1, -0.05) is 30.3 Å². The Morgan fingerprint density at radius 1 is 1.42 bits per heavy atom. The molecule has 5 heteroatoms. The fourth-order valence-electron chi connectivity index (χ4n) is 1.95. The molecule has 2 atom stereocenters. The van der Waals surface area contributed by atoms with Gasteiger partial charge in [0.25, 0.3) is 0 Å². The molecule has 0 bridgehead atoms. The Hall–Kier alpha value is -0.980. The molecule has 0 radical (unpaired) electrons. The summed E-state index contributed by atoms with van der Waals surface area (Å²) >= 11 is 0. The highest BCUT2D eigenvalue weighted by molar-refractivity contribution is 5.13. The average molecular weight is 267 g/mol. The second-order valence-electron chi connectivity index (χ2n) is 5.05. The summed E-state index contributed by atoms with van der Waals surface area (Å²) in [5.74, 6) is -0.598. The predicted octanol–water partition coefficient (Wildman–Crippen LogP) is 1.22. The third-order valence-electron chi connectivity index (χ3n) is 2.99. The number of aliphatic hydroxyl groups is 1. The molecule has 0 spiro atoms. The second kappa shape index (κ2) is 6.45. The molecule has 1 aliphatic rings. The molecule has 1 heterocycles. The van der Waals surface area contributed by atoms with Gasteiger partial charge in [0.05, 0.1) is 25.9 Å². The molecule has 0 unspecified atom stereocenters. The van der Waals surface area contributed by atoms with Crippen LogP contribution in [0.4, 0.5) is 0 Å². The van der Waals surface area contributed by atoms with Crippen LogP contribution in [0.5, 0.6) is 0 Å². The van der Waals surface area contributed by atoms with Crippen LogP contribution >= 0.6 is 0 Å². The van der Waals surface area contributed by atoms with E-state index in [1.807, 2.05) is 44.2 Å². The number of rotatable bonds is 6. The summed E-state index contributed by atoms with van der Waals surface area (Å²) in [6.07, 6.45) is -0.212. The number of hydrogen-bond donors (Lipinski definition) is 2. The number of aliphatic hydroxyl groups excluding tert-OH is 1. The summed E-state index contributed by atoms with van der Waals surface area (Å²) in [5, 5.41) is 9.38. The van der Waals surface area contributed by atoms with E-state index in [0.29, 0.717) is 13.2 Å². The van der Waals surface area contributed by atoms with Gasteiger partial charge in [-0.25, -0.2) is 0 Å². The first-order valence-electron chi connectivity index (χ1n) is 6.44. The molecule has 1 aromatic carbocycles. The zero-order chi connectivity index (χ0) is 13.7. The number of ether oxygens (including phenoxy) is 2. The molecule has 5 nitrogen and oxygen atoms in total. The Balaban J connectivity index is 1.77. The standard InChI is InChI=1S/C14H21NO4/c1-14(2)17-10-13(19-14)12(8-16)15-18-9-11-6-4-3-5-7-11/h3-7,12-13,15-16H,8-10H2,1-2H3/t12-,13+/m1/s1. The topological polar surface area (TPSA) is 60.0 Å². The molecular weight excluding hydrogens is 246 g/mol. The lowest BCUT2D eigenvalue weighted by molar-refractivity contribution is -0.150. The summed E-state index contributed by atoms with van der Waals surface area (Å²) in [6, 6.07) is 9.53. The molecule has 2 rings (SSSR count). The number of nitrogens with one attached hydrogen (secondary N) is 1. The molecule has 0 saturated carbocycles. The van der Waals surface area contributed by atoms with E-state index < -0.39 is 5.79 Å². The predicted molar refractivity (Wildman–Crippen MR) is 70.1 cm³/mol. The highest BCUT2D eigenvalue weighted by Crippen LogP contribution is 2.24.